The van der Waals surface area contributed by atoms with Crippen LogP contribution >= 0.6 is 0 Å². The number of hydrogen-bond donors (Lipinski definition) is 1. The zero-order chi connectivity index (χ0) is 13.4. The average molecular weight is 258 g/mol. The van der Waals surface area contributed by atoms with E-state index in [2.05, 4.69) is 9.64 Å². The summed E-state index contributed by atoms with van der Waals surface area (Å²) in [5.74, 6) is -0.113. The highest BCUT2D eigenvalue weighted by atomic mass is 16.5. The Labute approximate surface area is 110 Å². The lowest BCUT2D eigenvalue weighted by atomic mass is 10.0. The minimum atomic E-state index is -0.113. The van der Waals surface area contributed by atoms with Gasteiger partial charge in [0.15, 0.2) is 0 Å². The van der Waals surface area contributed by atoms with Crippen LogP contribution in [0.5, 0.6) is 0 Å². The van der Waals surface area contributed by atoms with Gasteiger partial charge in [-0.3, -0.25) is 4.79 Å². The molecule has 5 heteroatoms. The zero-order valence-electron chi connectivity index (χ0n) is 11.6. The van der Waals surface area contributed by atoms with Crippen molar-refractivity contribution in [1.82, 2.24) is 4.90 Å². The van der Waals surface area contributed by atoms with Crippen molar-refractivity contribution in [1.29, 1.82) is 0 Å². The molecule has 1 heterocycles. The lowest BCUT2D eigenvalue weighted by Gasteiger charge is -2.35. The predicted molar refractivity (Wildman–Crippen MR) is 70.3 cm³/mol. The molecule has 2 atom stereocenters. The second-order valence-electron chi connectivity index (χ2n) is 4.91. The first kappa shape index (κ1) is 15.4. The lowest BCUT2D eigenvalue weighted by molar-refractivity contribution is -0.140. The third kappa shape index (κ3) is 5.33. The normalized spacial score (nSPS) is 25.1. The van der Waals surface area contributed by atoms with Crippen molar-refractivity contribution in [2.45, 2.75) is 44.2 Å². The van der Waals surface area contributed by atoms with Crippen molar-refractivity contribution >= 4 is 5.97 Å². The maximum atomic E-state index is 10.9. The largest absolute Gasteiger partial charge is 0.469 e. The van der Waals surface area contributed by atoms with Crippen molar-refractivity contribution < 1.29 is 14.3 Å². The van der Waals surface area contributed by atoms with E-state index in [9.17, 15) is 4.79 Å². The van der Waals surface area contributed by atoms with Gasteiger partial charge in [0.1, 0.15) is 0 Å². The summed E-state index contributed by atoms with van der Waals surface area (Å²) >= 11 is 0. The molecule has 0 bridgehead atoms. The number of unbranched alkanes of at least 4 members (excludes halogenated alkanes) is 2. The summed E-state index contributed by atoms with van der Waals surface area (Å²) in [5.41, 5.74) is 5.97. The van der Waals surface area contributed by atoms with Crippen LogP contribution in [0.4, 0.5) is 0 Å². The van der Waals surface area contributed by atoms with Gasteiger partial charge in [-0.15, -0.1) is 0 Å². The Balaban J connectivity index is 2.07. The molecule has 18 heavy (non-hydrogen) atoms. The van der Waals surface area contributed by atoms with Gasteiger partial charge in [0, 0.05) is 26.1 Å². The maximum Gasteiger partial charge on any atom is 0.305 e. The minimum absolute atomic E-state index is 0.113. The van der Waals surface area contributed by atoms with Gasteiger partial charge >= 0.3 is 5.97 Å². The van der Waals surface area contributed by atoms with Crippen molar-refractivity contribution in [3.8, 4) is 0 Å². The summed E-state index contributed by atoms with van der Waals surface area (Å²) in [7, 11) is 3.16. The number of nitrogens with two attached hydrogens (primary N) is 1. The molecule has 1 rings (SSSR count). The van der Waals surface area contributed by atoms with E-state index < -0.39 is 0 Å². The molecule has 106 valence electrons. The van der Waals surface area contributed by atoms with E-state index in [-0.39, 0.29) is 18.1 Å². The predicted octanol–water partition coefficient (Wildman–Crippen LogP) is 0.768. The second kappa shape index (κ2) is 8.45. The van der Waals surface area contributed by atoms with E-state index in [1.165, 1.54) is 7.11 Å². The fourth-order valence-electron chi connectivity index (χ4n) is 2.33. The Morgan fingerprint density at radius 2 is 2.11 bits per heavy atom. The number of esters is 1. The first-order valence-electron chi connectivity index (χ1n) is 6.75. The zero-order valence-corrected chi connectivity index (χ0v) is 11.6. The summed E-state index contributed by atoms with van der Waals surface area (Å²) in [6.07, 6.45) is 4.78. The van der Waals surface area contributed by atoms with Crippen LogP contribution < -0.4 is 5.73 Å². The van der Waals surface area contributed by atoms with Crippen LogP contribution in [-0.2, 0) is 14.3 Å². The van der Waals surface area contributed by atoms with Gasteiger partial charge in [0.25, 0.3) is 0 Å². The number of likely N-dealkylation sites (tertiary alicyclic amines) is 1. The summed E-state index contributed by atoms with van der Waals surface area (Å²) in [6.45, 7) is 3.04. The monoisotopic (exact) mass is 258 g/mol. The van der Waals surface area contributed by atoms with Crippen LogP contribution in [0.2, 0.25) is 0 Å². The quantitative estimate of drug-likeness (QED) is 0.540. The van der Waals surface area contributed by atoms with Gasteiger partial charge in [-0.2, -0.15) is 0 Å². The summed E-state index contributed by atoms with van der Waals surface area (Å²) < 4.78 is 9.99. The van der Waals surface area contributed by atoms with Crippen molar-refractivity contribution in [3.63, 3.8) is 0 Å². The van der Waals surface area contributed by atoms with Crippen LogP contribution in [-0.4, -0.2) is 56.9 Å². The van der Waals surface area contributed by atoms with Crippen molar-refractivity contribution in [3.05, 3.63) is 0 Å². The van der Waals surface area contributed by atoms with Crippen LogP contribution in [0.3, 0.4) is 0 Å². The highest BCUT2D eigenvalue weighted by molar-refractivity contribution is 5.68. The molecule has 0 unspecified atom stereocenters. The fourth-order valence-corrected chi connectivity index (χ4v) is 2.33. The molecule has 1 aliphatic rings. The SMILES string of the molecule is COC(=O)CCCCCN1CC[C@@H](N)[C@@H](OC)C1. The fraction of sp³-hybridized carbons (Fsp3) is 0.923. The Bertz CT molecular complexity index is 248. The molecule has 0 aromatic heterocycles. The first-order chi connectivity index (χ1) is 8.67. The Morgan fingerprint density at radius 1 is 1.33 bits per heavy atom. The van der Waals surface area contributed by atoms with Crippen LogP contribution in [0.15, 0.2) is 0 Å². The van der Waals surface area contributed by atoms with Crippen LogP contribution in [0.1, 0.15) is 32.1 Å². The molecule has 1 fully saturated rings. The van der Waals surface area contributed by atoms with E-state index >= 15 is 0 Å². The van der Waals surface area contributed by atoms with E-state index in [4.69, 9.17) is 10.5 Å². The molecule has 0 spiro atoms. The topological polar surface area (TPSA) is 64.8 Å². The second-order valence-corrected chi connectivity index (χ2v) is 4.91. The van der Waals surface area contributed by atoms with E-state index in [1.807, 2.05) is 0 Å². The highest BCUT2D eigenvalue weighted by Crippen LogP contribution is 2.13. The van der Waals surface area contributed by atoms with Gasteiger partial charge in [0.05, 0.1) is 13.2 Å². The molecule has 2 N–H and O–H groups in total. The number of carbonyl (C=O) groups is 1. The molecule has 0 aliphatic carbocycles. The van der Waals surface area contributed by atoms with Gasteiger partial charge in [0.2, 0.25) is 0 Å². The average Bonchev–Trinajstić information content (AvgIpc) is 2.39. The number of rotatable bonds is 7. The third-order valence-corrected chi connectivity index (χ3v) is 3.58. The molecule has 5 nitrogen and oxygen atoms in total. The number of piperidine rings is 1. The highest BCUT2D eigenvalue weighted by Gasteiger charge is 2.25. The molecule has 1 saturated heterocycles. The molecule has 0 radical (unpaired) electrons. The number of carbonyl (C=O) groups excluding carboxylic acids is 1. The van der Waals surface area contributed by atoms with Gasteiger partial charge in [-0.1, -0.05) is 6.42 Å². The number of nitrogens with zero attached hydrogens (tertiary/aromatic N) is 1. The van der Waals surface area contributed by atoms with Crippen molar-refractivity contribution in [2.24, 2.45) is 5.73 Å². The summed E-state index contributed by atoms with van der Waals surface area (Å²) in [6, 6.07) is 0.172. The molecule has 0 aromatic carbocycles. The smallest absolute Gasteiger partial charge is 0.305 e. The Hall–Kier alpha value is -0.650. The molecule has 0 aromatic rings. The minimum Gasteiger partial charge on any atom is -0.469 e. The van der Waals surface area contributed by atoms with Gasteiger partial charge in [-0.05, 0) is 32.4 Å². The first-order valence-corrected chi connectivity index (χ1v) is 6.75. The number of methoxy groups -OCH3 is 2. The van der Waals surface area contributed by atoms with Crippen molar-refractivity contribution in [2.75, 3.05) is 33.9 Å². The molecule has 1 aliphatic heterocycles. The molecule has 0 saturated carbocycles. The van der Waals surface area contributed by atoms with Gasteiger partial charge in [-0.25, -0.2) is 0 Å². The van der Waals surface area contributed by atoms with Gasteiger partial charge < -0.3 is 20.1 Å². The lowest BCUT2D eigenvalue weighted by Crippen LogP contribution is -2.51. The van der Waals surface area contributed by atoms with E-state index in [0.717, 1.165) is 45.3 Å². The van der Waals surface area contributed by atoms with Crippen LogP contribution in [0, 0.1) is 0 Å². The summed E-state index contributed by atoms with van der Waals surface area (Å²) in [4.78, 5) is 13.3. The number of ether oxygens (including phenoxy) is 2. The molecular formula is C13H26N2O3. The molecular weight excluding hydrogens is 232 g/mol. The number of hydrogen-bond acceptors (Lipinski definition) is 5. The van der Waals surface area contributed by atoms with E-state index in [0.29, 0.717) is 6.42 Å². The maximum absolute atomic E-state index is 10.9. The third-order valence-electron chi connectivity index (χ3n) is 3.58. The molecule has 0 amide bonds. The van der Waals surface area contributed by atoms with Crippen LogP contribution in [0.25, 0.3) is 0 Å². The summed E-state index contributed by atoms with van der Waals surface area (Å²) in [5, 5.41) is 0. The van der Waals surface area contributed by atoms with E-state index in [1.54, 1.807) is 7.11 Å². The Kier molecular flexibility index (Phi) is 7.23. The Morgan fingerprint density at radius 3 is 2.78 bits per heavy atom. The standard InChI is InChI=1S/C13H26N2O3/c1-17-12-10-15(9-7-11(12)14)8-5-3-4-6-13(16)18-2/h11-12H,3-10,14H2,1-2H3/t11-,12+/m1/s1.